The van der Waals surface area contributed by atoms with Gasteiger partial charge in [0.05, 0.1) is 19.3 Å². The molecule has 0 aromatic rings. The SMILES string of the molecule is C.C=C(C)[C@@H]1CCC2(COC(=O)OCCO[C@@H]3O[C@H](CO)[C@@H](O)[C@H](O)[C@H]3O)CC[C@]3(C)C(CCC4[C@@]5(C)CC[C@H](O)C(C)(C)C5CC[C@]43C)C12. The Labute approximate surface area is 300 Å². The maximum absolute atomic E-state index is 12.9. The standard InChI is InChI=1S/C39H64O10.CH4/c1-22(2)23-10-15-39(21-48-34(45)47-19-18-46-33-32(44)31(43)30(42)25(20-40)49-33)17-16-37(6)24(29(23)39)8-9-27-36(5)13-12-28(41)35(3,4)26(36)11-14-38(27,37)7;/h23-33,40-44H,1,8-21H2,2-7H3;1H4/t23-,24?,25+,26?,27?,28-,29?,30+,31-,32+,33+,36-,37+,38+,39?;/m0./s1. The molecule has 6 aliphatic rings. The monoisotopic (exact) mass is 708 g/mol. The molecule has 0 amide bonds. The van der Waals surface area contributed by atoms with E-state index in [-0.39, 0.29) is 53.8 Å². The summed E-state index contributed by atoms with van der Waals surface area (Å²) >= 11 is 0. The van der Waals surface area contributed by atoms with E-state index < -0.39 is 43.5 Å². The third-order valence-corrected chi connectivity index (χ3v) is 16.1. The lowest BCUT2D eigenvalue weighted by Crippen LogP contribution is -2.66. The molecule has 6 fully saturated rings. The van der Waals surface area contributed by atoms with E-state index in [4.69, 9.17) is 18.9 Å². The average Bonchev–Trinajstić information content (AvgIpc) is 3.44. The van der Waals surface area contributed by atoms with Crippen molar-refractivity contribution in [2.75, 3.05) is 26.4 Å². The molecule has 5 N–H and O–H groups in total. The quantitative estimate of drug-likeness (QED) is 0.122. The summed E-state index contributed by atoms with van der Waals surface area (Å²) in [5, 5.41) is 50.6. The van der Waals surface area contributed by atoms with Gasteiger partial charge in [0.15, 0.2) is 6.29 Å². The van der Waals surface area contributed by atoms with E-state index in [9.17, 15) is 30.3 Å². The molecule has 10 nitrogen and oxygen atoms in total. The molecule has 50 heavy (non-hydrogen) atoms. The van der Waals surface area contributed by atoms with E-state index in [1.807, 2.05) is 0 Å². The molecule has 5 saturated carbocycles. The fourth-order valence-corrected chi connectivity index (χ4v) is 13.3. The zero-order chi connectivity index (χ0) is 35.7. The normalized spacial score (nSPS) is 49.3. The molecule has 0 radical (unpaired) electrons. The van der Waals surface area contributed by atoms with Crippen molar-refractivity contribution in [3.63, 3.8) is 0 Å². The van der Waals surface area contributed by atoms with E-state index in [0.717, 1.165) is 38.5 Å². The van der Waals surface area contributed by atoms with Crippen LogP contribution in [0.4, 0.5) is 4.79 Å². The van der Waals surface area contributed by atoms with Gasteiger partial charge in [-0.05, 0) is 122 Å². The molecule has 0 aromatic heterocycles. The highest BCUT2D eigenvalue weighted by Gasteiger charge is 2.71. The van der Waals surface area contributed by atoms with Gasteiger partial charge in [-0.25, -0.2) is 4.79 Å². The first-order valence-corrected chi connectivity index (χ1v) is 19.0. The van der Waals surface area contributed by atoms with E-state index in [2.05, 4.69) is 48.1 Å². The van der Waals surface area contributed by atoms with Gasteiger partial charge < -0.3 is 44.5 Å². The number of ether oxygens (including phenoxy) is 4. The molecule has 1 heterocycles. The average molecular weight is 709 g/mol. The van der Waals surface area contributed by atoms with Gasteiger partial charge >= 0.3 is 6.16 Å². The summed E-state index contributed by atoms with van der Waals surface area (Å²) in [7, 11) is 0. The van der Waals surface area contributed by atoms with Crippen molar-refractivity contribution < 1.29 is 49.3 Å². The second-order valence-corrected chi connectivity index (χ2v) is 18.4. The van der Waals surface area contributed by atoms with Crippen LogP contribution in [0.2, 0.25) is 0 Å². The minimum Gasteiger partial charge on any atom is -0.434 e. The van der Waals surface area contributed by atoms with Crippen LogP contribution in [0.5, 0.6) is 0 Å². The van der Waals surface area contributed by atoms with Crippen LogP contribution < -0.4 is 0 Å². The van der Waals surface area contributed by atoms with Crippen LogP contribution in [-0.2, 0) is 18.9 Å². The van der Waals surface area contributed by atoms with Crippen LogP contribution in [0.1, 0.15) is 113 Å². The Morgan fingerprint density at radius 3 is 2.20 bits per heavy atom. The van der Waals surface area contributed by atoms with E-state index in [1.165, 1.54) is 31.3 Å². The Balaban J connectivity index is 0.00000486. The summed E-state index contributed by atoms with van der Waals surface area (Å²) in [5.41, 5.74) is 1.63. The maximum atomic E-state index is 12.9. The molecule has 0 bridgehead atoms. The van der Waals surface area contributed by atoms with Crippen LogP contribution in [0.3, 0.4) is 0 Å². The highest BCUT2D eigenvalue weighted by atomic mass is 16.7. The van der Waals surface area contributed by atoms with Crippen molar-refractivity contribution in [3.8, 4) is 0 Å². The first-order valence-electron chi connectivity index (χ1n) is 19.0. The number of aliphatic hydroxyl groups excluding tert-OH is 5. The molecule has 0 aromatic carbocycles. The minimum atomic E-state index is -1.54. The van der Waals surface area contributed by atoms with Crippen molar-refractivity contribution >= 4 is 6.16 Å². The number of aliphatic hydroxyl groups is 5. The number of carbonyl (C=O) groups is 1. The summed E-state index contributed by atoms with van der Waals surface area (Å²) in [6, 6.07) is 0. The van der Waals surface area contributed by atoms with Gasteiger partial charge in [0.2, 0.25) is 0 Å². The van der Waals surface area contributed by atoms with Gasteiger partial charge in [0.1, 0.15) is 37.6 Å². The number of fused-ring (bicyclic) bond motifs is 7. The van der Waals surface area contributed by atoms with Gasteiger partial charge in [0, 0.05) is 5.41 Å². The summed E-state index contributed by atoms with van der Waals surface area (Å²) in [6.45, 7) is 18.5. The Bertz CT molecular complexity index is 1240. The molecule has 1 saturated heterocycles. The lowest BCUT2D eigenvalue weighted by Gasteiger charge is -2.73. The van der Waals surface area contributed by atoms with Crippen molar-refractivity contribution in [1.29, 1.82) is 0 Å². The molecule has 6 rings (SSSR count). The Hall–Kier alpha value is -1.27. The lowest BCUT2D eigenvalue weighted by molar-refractivity contribution is -0.302. The number of carbonyl (C=O) groups excluding carboxylic acids is 1. The Kier molecular flexibility index (Phi) is 11.3. The third-order valence-electron chi connectivity index (χ3n) is 16.1. The second kappa shape index (κ2) is 14.2. The fraction of sp³-hybridized carbons (Fsp3) is 0.925. The van der Waals surface area contributed by atoms with Gasteiger partial charge in [-0.1, -0.05) is 54.2 Å². The third kappa shape index (κ3) is 6.08. The van der Waals surface area contributed by atoms with Crippen LogP contribution in [0.15, 0.2) is 12.2 Å². The number of hydrogen-bond acceptors (Lipinski definition) is 10. The largest absolute Gasteiger partial charge is 0.508 e. The zero-order valence-electron chi connectivity index (χ0n) is 30.7. The summed E-state index contributed by atoms with van der Waals surface area (Å²) in [4.78, 5) is 12.9. The molecule has 5 unspecified atom stereocenters. The van der Waals surface area contributed by atoms with Crippen LogP contribution >= 0.6 is 0 Å². The number of rotatable bonds is 8. The van der Waals surface area contributed by atoms with Crippen LogP contribution in [0.25, 0.3) is 0 Å². The number of hydrogen-bond donors (Lipinski definition) is 5. The van der Waals surface area contributed by atoms with Crippen molar-refractivity contribution in [2.45, 2.75) is 150 Å². The molecule has 5 aliphatic carbocycles. The van der Waals surface area contributed by atoms with Gasteiger partial charge in [-0.15, -0.1) is 0 Å². The summed E-state index contributed by atoms with van der Waals surface area (Å²) < 4.78 is 22.1. The topological polar surface area (TPSA) is 155 Å². The predicted molar refractivity (Wildman–Crippen MR) is 189 cm³/mol. The van der Waals surface area contributed by atoms with Crippen molar-refractivity contribution in [2.24, 2.45) is 56.7 Å². The molecule has 1 aliphatic heterocycles. The smallest absolute Gasteiger partial charge is 0.434 e. The Morgan fingerprint density at radius 1 is 0.800 bits per heavy atom. The van der Waals surface area contributed by atoms with Gasteiger partial charge in [0.25, 0.3) is 0 Å². The molecule has 0 spiro atoms. The highest BCUT2D eigenvalue weighted by Crippen LogP contribution is 2.77. The maximum Gasteiger partial charge on any atom is 0.508 e. The molecule has 15 atom stereocenters. The van der Waals surface area contributed by atoms with E-state index >= 15 is 0 Å². The summed E-state index contributed by atoms with van der Waals surface area (Å²) in [6.07, 6.45) is 3.08. The van der Waals surface area contributed by atoms with Crippen LogP contribution in [0, 0.1) is 56.7 Å². The molecular weight excluding hydrogens is 640 g/mol. The van der Waals surface area contributed by atoms with Crippen LogP contribution in [-0.4, -0.2) is 94.9 Å². The predicted octanol–water partition coefficient (Wildman–Crippen LogP) is 5.61. The molecule has 10 heteroatoms. The van der Waals surface area contributed by atoms with Gasteiger partial charge in [-0.2, -0.15) is 0 Å². The lowest BCUT2D eigenvalue weighted by atomic mass is 9.32. The van der Waals surface area contributed by atoms with E-state index in [0.29, 0.717) is 36.2 Å². The first kappa shape index (κ1) is 39.9. The van der Waals surface area contributed by atoms with Crippen molar-refractivity contribution in [3.05, 3.63) is 12.2 Å². The van der Waals surface area contributed by atoms with Gasteiger partial charge in [-0.3, -0.25) is 0 Å². The molecular formula is C40H68O10. The highest BCUT2D eigenvalue weighted by molar-refractivity contribution is 5.59. The first-order chi connectivity index (χ1) is 23.0. The molecule has 288 valence electrons. The summed E-state index contributed by atoms with van der Waals surface area (Å²) in [5.74, 6) is 2.45. The number of allylic oxidation sites excluding steroid dienone is 1. The second-order valence-electron chi connectivity index (χ2n) is 18.4. The zero-order valence-corrected chi connectivity index (χ0v) is 30.7. The fourth-order valence-electron chi connectivity index (χ4n) is 13.3. The van der Waals surface area contributed by atoms with Crippen molar-refractivity contribution in [1.82, 2.24) is 0 Å². The Morgan fingerprint density at radius 2 is 1.52 bits per heavy atom. The van der Waals surface area contributed by atoms with E-state index in [1.54, 1.807) is 0 Å². The minimum absolute atomic E-state index is 0.